The van der Waals surface area contributed by atoms with Crippen LogP contribution in [0.15, 0.2) is 48.5 Å². The lowest BCUT2D eigenvalue weighted by Gasteiger charge is -2.30. The largest absolute Gasteiger partial charge is 0.462 e. The Balaban J connectivity index is 2.32. The fourth-order valence-corrected chi connectivity index (χ4v) is 4.13. The summed E-state index contributed by atoms with van der Waals surface area (Å²) in [6.07, 6.45) is 1.34. The number of benzene rings is 2. The molecule has 1 N–H and O–H groups in total. The fraction of sp³-hybridized carbons (Fsp3) is 0.333. The number of hydrogen-bond acceptors (Lipinski definition) is 5. The number of sulfonamides is 1. The Morgan fingerprint density at radius 2 is 1.76 bits per heavy atom. The first-order chi connectivity index (χ1) is 13.7. The molecule has 2 rings (SSSR count). The third-order valence-electron chi connectivity index (χ3n) is 4.26. The van der Waals surface area contributed by atoms with E-state index in [9.17, 15) is 18.0 Å². The van der Waals surface area contributed by atoms with Crippen LogP contribution in [0.1, 0.15) is 36.2 Å². The number of carbonyl (C=O) groups excluding carboxylic acids is 2. The number of nitrogens with one attached hydrogen (secondary N) is 1. The number of ether oxygens (including phenoxy) is 1. The minimum Gasteiger partial charge on any atom is -0.462 e. The van der Waals surface area contributed by atoms with Gasteiger partial charge < -0.3 is 10.1 Å². The Labute approximate surface area is 171 Å². The Morgan fingerprint density at radius 1 is 1.10 bits per heavy atom. The summed E-state index contributed by atoms with van der Waals surface area (Å²) < 4.78 is 31.0. The zero-order chi connectivity index (χ0) is 21.6. The van der Waals surface area contributed by atoms with Crippen LogP contribution >= 0.6 is 0 Å². The normalized spacial score (nSPS) is 12.1. The molecule has 8 heteroatoms. The third kappa shape index (κ3) is 5.80. The maximum Gasteiger partial charge on any atom is 0.338 e. The summed E-state index contributed by atoms with van der Waals surface area (Å²) >= 11 is 0. The second kappa shape index (κ2) is 9.56. The van der Waals surface area contributed by atoms with Gasteiger partial charge in [0.05, 0.1) is 24.1 Å². The van der Waals surface area contributed by atoms with E-state index in [0.717, 1.165) is 16.1 Å². The van der Waals surface area contributed by atoms with Gasteiger partial charge in [0.15, 0.2) is 0 Å². The maximum absolute atomic E-state index is 12.9. The summed E-state index contributed by atoms with van der Waals surface area (Å²) in [5.41, 5.74) is 2.09. The highest BCUT2D eigenvalue weighted by atomic mass is 32.2. The first-order valence-corrected chi connectivity index (χ1v) is 11.2. The van der Waals surface area contributed by atoms with Crippen LogP contribution in [-0.4, -0.2) is 39.2 Å². The molecule has 0 saturated carbocycles. The van der Waals surface area contributed by atoms with Crippen molar-refractivity contribution in [2.45, 2.75) is 33.2 Å². The van der Waals surface area contributed by atoms with E-state index in [2.05, 4.69) is 5.32 Å². The lowest BCUT2D eigenvalue weighted by atomic mass is 10.1. The minimum absolute atomic E-state index is 0.243. The van der Waals surface area contributed by atoms with Crippen LogP contribution in [0.2, 0.25) is 0 Å². The smallest absolute Gasteiger partial charge is 0.338 e. The van der Waals surface area contributed by atoms with Crippen LogP contribution in [0, 0.1) is 6.92 Å². The summed E-state index contributed by atoms with van der Waals surface area (Å²) in [5.74, 6) is -0.979. The van der Waals surface area contributed by atoms with Crippen molar-refractivity contribution in [2.75, 3.05) is 22.5 Å². The summed E-state index contributed by atoms with van der Waals surface area (Å²) in [7, 11) is -3.71. The van der Waals surface area contributed by atoms with E-state index < -0.39 is 27.9 Å². The molecule has 0 aliphatic rings. The third-order valence-corrected chi connectivity index (χ3v) is 5.44. The van der Waals surface area contributed by atoms with Crippen LogP contribution in [-0.2, 0) is 19.6 Å². The van der Waals surface area contributed by atoms with E-state index in [1.54, 1.807) is 56.3 Å². The van der Waals surface area contributed by atoms with E-state index in [4.69, 9.17) is 4.74 Å². The molecule has 2 aromatic carbocycles. The fourth-order valence-electron chi connectivity index (χ4n) is 2.92. The molecule has 156 valence electrons. The number of carbonyl (C=O) groups is 2. The van der Waals surface area contributed by atoms with Gasteiger partial charge >= 0.3 is 5.97 Å². The van der Waals surface area contributed by atoms with Crippen molar-refractivity contribution in [1.82, 2.24) is 0 Å². The molecule has 29 heavy (non-hydrogen) atoms. The number of aryl methyl sites for hydroxylation is 1. The van der Waals surface area contributed by atoms with E-state index >= 15 is 0 Å². The zero-order valence-corrected chi connectivity index (χ0v) is 17.8. The average molecular weight is 419 g/mol. The molecule has 0 bridgehead atoms. The second-order valence-corrected chi connectivity index (χ2v) is 8.47. The molecule has 0 saturated heterocycles. The summed E-state index contributed by atoms with van der Waals surface area (Å²) in [5, 5.41) is 2.71. The van der Waals surface area contributed by atoms with Gasteiger partial charge in [0.25, 0.3) is 0 Å². The van der Waals surface area contributed by atoms with Crippen LogP contribution < -0.4 is 9.62 Å². The van der Waals surface area contributed by atoms with Crippen LogP contribution in [0.4, 0.5) is 11.4 Å². The number of amides is 1. The van der Waals surface area contributed by atoms with Gasteiger partial charge in [0.2, 0.25) is 15.9 Å². The van der Waals surface area contributed by atoms with Crippen LogP contribution in [0.5, 0.6) is 0 Å². The van der Waals surface area contributed by atoms with E-state index in [-0.39, 0.29) is 13.0 Å². The Bertz CT molecular complexity index is 971. The number of esters is 1. The van der Waals surface area contributed by atoms with Gasteiger partial charge in [-0.25, -0.2) is 13.2 Å². The van der Waals surface area contributed by atoms with Crippen LogP contribution in [0.3, 0.4) is 0 Å². The summed E-state index contributed by atoms with van der Waals surface area (Å²) in [4.78, 5) is 24.8. The molecule has 0 spiro atoms. The van der Waals surface area contributed by atoms with Crippen molar-refractivity contribution >= 4 is 33.3 Å². The highest BCUT2D eigenvalue weighted by Gasteiger charge is 2.31. The Morgan fingerprint density at radius 3 is 2.31 bits per heavy atom. The van der Waals surface area contributed by atoms with Crippen molar-refractivity contribution in [3.63, 3.8) is 0 Å². The lowest BCUT2D eigenvalue weighted by Crippen LogP contribution is -2.47. The van der Waals surface area contributed by atoms with Gasteiger partial charge in [-0.2, -0.15) is 0 Å². The SMILES string of the molecule is CCOC(=O)c1cccc(NC(=O)[C@H](CC)N(c2ccc(C)cc2)S(C)(=O)=O)c1. The number of nitrogens with zero attached hydrogens (tertiary/aromatic N) is 1. The van der Waals surface area contributed by atoms with Gasteiger partial charge in [0.1, 0.15) is 6.04 Å². The van der Waals surface area contributed by atoms with Crippen molar-refractivity contribution in [2.24, 2.45) is 0 Å². The monoisotopic (exact) mass is 418 g/mol. The van der Waals surface area contributed by atoms with Crippen LogP contribution in [0.25, 0.3) is 0 Å². The molecular weight excluding hydrogens is 392 g/mol. The van der Waals surface area contributed by atoms with Gasteiger partial charge in [0, 0.05) is 5.69 Å². The van der Waals surface area contributed by atoms with Crippen molar-refractivity contribution in [3.05, 3.63) is 59.7 Å². The predicted molar refractivity (Wildman–Crippen MR) is 114 cm³/mol. The molecule has 0 heterocycles. The van der Waals surface area contributed by atoms with Gasteiger partial charge in [-0.05, 0) is 50.6 Å². The summed E-state index contributed by atoms with van der Waals surface area (Å²) in [6, 6.07) is 12.3. The van der Waals surface area contributed by atoms with Crippen molar-refractivity contribution in [3.8, 4) is 0 Å². The lowest BCUT2D eigenvalue weighted by molar-refractivity contribution is -0.117. The molecule has 0 fully saturated rings. The number of anilines is 2. The molecule has 7 nitrogen and oxygen atoms in total. The molecule has 0 unspecified atom stereocenters. The standard InChI is InChI=1S/C21H26N2O5S/c1-5-19(23(29(4,26)27)18-12-10-15(3)11-13-18)20(24)22-17-9-7-8-16(14-17)21(25)28-6-2/h7-14,19H,5-6H2,1-4H3,(H,22,24)/t19-/m0/s1. The molecule has 0 radical (unpaired) electrons. The van der Waals surface area contributed by atoms with Gasteiger partial charge in [-0.3, -0.25) is 9.10 Å². The molecule has 1 amide bonds. The number of hydrogen-bond donors (Lipinski definition) is 1. The maximum atomic E-state index is 12.9. The molecule has 0 aromatic heterocycles. The topological polar surface area (TPSA) is 92.8 Å². The average Bonchev–Trinajstić information content (AvgIpc) is 2.66. The quantitative estimate of drug-likeness (QED) is 0.664. The molecular formula is C21H26N2O5S. The highest BCUT2D eigenvalue weighted by Crippen LogP contribution is 2.24. The van der Waals surface area contributed by atoms with Gasteiger partial charge in [-0.15, -0.1) is 0 Å². The van der Waals surface area contributed by atoms with Crippen molar-refractivity contribution in [1.29, 1.82) is 0 Å². The highest BCUT2D eigenvalue weighted by molar-refractivity contribution is 7.92. The molecule has 1 atom stereocenters. The first kappa shape index (κ1) is 22.4. The van der Waals surface area contributed by atoms with E-state index in [1.165, 1.54) is 6.07 Å². The minimum atomic E-state index is -3.71. The van der Waals surface area contributed by atoms with Gasteiger partial charge in [-0.1, -0.05) is 30.7 Å². The van der Waals surface area contributed by atoms with E-state index in [0.29, 0.717) is 16.9 Å². The molecule has 0 aliphatic heterocycles. The zero-order valence-electron chi connectivity index (χ0n) is 17.0. The molecule has 2 aromatic rings. The Hall–Kier alpha value is -2.87. The van der Waals surface area contributed by atoms with E-state index in [1.807, 2.05) is 6.92 Å². The molecule has 0 aliphatic carbocycles. The second-order valence-electron chi connectivity index (χ2n) is 6.61. The first-order valence-electron chi connectivity index (χ1n) is 9.31. The Kier molecular flexibility index (Phi) is 7.39. The summed E-state index contributed by atoms with van der Waals surface area (Å²) in [6.45, 7) is 5.59. The number of rotatable bonds is 8. The van der Waals surface area contributed by atoms with Crippen molar-refractivity contribution < 1.29 is 22.7 Å². The predicted octanol–water partition coefficient (Wildman–Crippen LogP) is 3.36.